The van der Waals surface area contributed by atoms with Crippen molar-refractivity contribution in [3.8, 4) is 5.75 Å². The van der Waals surface area contributed by atoms with E-state index in [9.17, 15) is 22.8 Å². The molecule has 0 bridgehead atoms. The van der Waals surface area contributed by atoms with Gasteiger partial charge in [-0.1, -0.05) is 6.07 Å². The summed E-state index contributed by atoms with van der Waals surface area (Å²) >= 11 is 0. The number of ether oxygens (including phenoxy) is 1. The SMILES string of the molecule is COc1ccc2c(c1)C(=O)N(CC1(c3cc4nc(NS(C)(=O)=O)ccc4o3)NC(=O)NC1=O)C2. The minimum Gasteiger partial charge on any atom is -0.497 e. The average Bonchev–Trinajstić information content (AvgIpc) is 3.41. The van der Waals surface area contributed by atoms with Crippen LogP contribution in [0.2, 0.25) is 0 Å². The lowest BCUT2D eigenvalue weighted by Gasteiger charge is -2.28. The second-order valence-corrected chi connectivity index (χ2v) is 9.81. The molecule has 1 aromatic carbocycles. The Labute approximate surface area is 193 Å². The zero-order valence-corrected chi connectivity index (χ0v) is 18.9. The molecule has 1 unspecified atom stereocenters. The Morgan fingerprint density at radius 2 is 2.00 bits per heavy atom. The summed E-state index contributed by atoms with van der Waals surface area (Å²) in [5, 5.41) is 4.80. The van der Waals surface area contributed by atoms with Gasteiger partial charge in [0.15, 0.2) is 11.1 Å². The fourth-order valence-corrected chi connectivity index (χ4v) is 4.61. The highest BCUT2D eigenvalue weighted by Gasteiger charge is 2.53. The third-order valence-electron chi connectivity index (χ3n) is 5.65. The minimum absolute atomic E-state index is 0.0520. The number of anilines is 1. The number of methoxy groups -OCH3 is 1. The number of imide groups is 1. The summed E-state index contributed by atoms with van der Waals surface area (Å²) in [6.45, 7) is 0.0264. The second-order valence-electron chi connectivity index (χ2n) is 8.06. The van der Waals surface area contributed by atoms with E-state index in [1.165, 1.54) is 30.2 Å². The molecule has 0 radical (unpaired) electrons. The quantitative estimate of drug-likeness (QED) is 0.434. The van der Waals surface area contributed by atoms with E-state index < -0.39 is 27.5 Å². The van der Waals surface area contributed by atoms with Gasteiger partial charge in [0, 0.05) is 18.2 Å². The summed E-state index contributed by atoms with van der Waals surface area (Å²) < 4.78 is 36.3. The largest absolute Gasteiger partial charge is 0.497 e. The number of furan rings is 1. The number of amides is 4. The number of hydrogen-bond donors (Lipinski definition) is 3. The van der Waals surface area contributed by atoms with Crippen LogP contribution in [0.1, 0.15) is 21.7 Å². The number of nitrogens with zero attached hydrogens (tertiary/aromatic N) is 2. The van der Waals surface area contributed by atoms with Crippen molar-refractivity contribution in [3.05, 3.63) is 53.3 Å². The van der Waals surface area contributed by atoms with Crippen molar-refractivity contribution in [1.82, 2.24) is 20.5 Å². The molecule has 0 saturated carbocycles. The molecule has 2 aliphatic heterocycles. The van der Waals surface area contributed by atoms with Crippen molar-refractivity contribution >= 4 is 44.8 Å². The van der Waals surface area contributed by atoms with Crippen molar-refractivity contribution in [2.75, 3.05) is 24.6 Å². The number of aromatic nitrogens is 1. The summed E-state index contributed by atoms with van der Waals surface area (Å²) in [6.07, 6.45) is 0.994. The van der Waals surface area contributed by atoms with E-state index >= 15 is 0 Å². The smallest absolute Gasteiger partial charge is 0.322 e. The highest BCUT2D eigenvalue weighted by Crippen LogP contribution is 2.35. The van der Waals surface area contributed by atoms with E-state index in [1.807, 2.05) is 0 Å². The van der Waals surface area contributed by atoms with Gasteiger partial charge in [0.1, 0.15) is 22.8 Å². The fraction of sp³-hybridized carbons (Fsp3) is 0.238. The predicted octanol–water partition coefficient (Wildman–Crippen LogP) is 0.899. The van der Waals surface area contributed by atoms with Gasteiger partial charge in [0.2, 0.25) is 10.0 Å². The van der Waals surface area contributed by atoms with E-state index in [-0.39, 0.29) is 41.7 Å². The molecule has 3 N–H and O–H groups in total. The first-order chi connectivity index (χ1) is 16.1. The van der Waals surface area contributed by atoms with Crippen LogP contribution in [0.15, 0.2) is 40.8 Å². The van der Waals surface area contributed by atoms with Crippen LogP contribution < -0.4 is 20.1 Å². The standard InChI is InChI=1S/C21H19N5O7S/c1-32-12-4-3-11-9-26(18(27)13(11)7-12)10-21(19(28)23-20(29)24-21)16-8-14-15(33-16)5-6-17(22-14)25-34(2,30)31/h3-8H,9-10H2,1-2H3,(H,22,25)(H2,23,24,28,29). The topological polar surface area (TPSA) is 160 Å². The van der Waals surface area contributed by atoms with Gasteiger partial charge >= 0.3 is 6.03 Å². The lowest BCUT2D eigenvalue weighted by molar-refractivity contribution is -0.125. The number of carbonyl (C=O) groups excluding carboxylic acids is 3. The van der Waals surface area contributed by atoms with Crippen LogP contribution in [-0.4, -0.2) is 56.1 Å². The third-order valence-corrected chi connectivity index (χ3v) is 6.23. The number of nitrogens with one attached hydrogen (secondary N) is 3. The Kier molecular flexibility index (Phi) is 4.75. The van der Waals surface area contributed by atoms with Crippen molar-refractivity contribution in [2.45, 2.75) is 12.1 Å². The maximum atomic E-state index is 13.1. The highest BCUT2D eigenvalue weighted by molar-refractivity contribution is 7.92. The Morgan fingerprint density at radius 3 is 2.68 bits per heavy atom. The van der Waals surface area contributed by atoms with E-state index in [0.29, 0.717) is 11.3 Å². The Bertz CT molecular complexity index is 1480. The number of sulfonamides is 1. The Balaban J connectivity index is 1.52. The van der Waals surface area contributed by atoms with Gasteiger partial charge in [-0.25, -0.2) is 18.2 Å². The van der Waals surface area contributed by atoms with Gasteiger partial charge in [-0.3, -0.25) is 19.6 Å². The zero-order valence-electron chi connectivity index (χ0n) is 18.0. The van der Waals surface area contributed by atoms with E-state index in [2.05, 4.69) is 20.3 Å². The first-order valence-electron chi connectivity index (χ1n) is 10.1. The molecule has 1 atom stereocenters. The summed E-state index contributed by atoms with van der Waals surface area (Å²) in [4.78, 5) is 43.8. The molecule has 4 heterocycles. The molecule has 34 heavy (non-hydrogen) atoms. The lowest BCUT2D eigenvalue weighted by Crippen LogP contribution is -2.52. The molecule has 13 heteroatoms. The van der Waals surface area contributed by atoms with E-state index in [1.54, 1.807) is 18.2 Å². The molecule has 176 valence electrons. The molecule has 0 aliphatic carbocycles. The van der Waals surface area contributed by atoms with Crippen molar-refractivity contribution in [1.29, 1.82) is 0 Å². The van der Waals surface area contributed by atoms with Crippen molar-refractivity contribution < 1.29 is 32.0 Å². The number of hydrogen-bond acceptors (Lipinski definition) is 8. The van der Waals surface area contributed by atoms with Crippen LogP contribution in [0.25, 0.3) is 11.1 Å². The molecule has 12 nitrogen and oxygen atoms in total. The van der Waals surface area contributed by atoms with Gasteiger partial charge < -0.3 is 19.4 Å². The number of pyridine rings is 1. The van der Waals surface area contributed by atoms with Crippen molar-refractivity contribution in [2.24, 2.45) is 0 Å². The maximum Gasteiger partial charge on any atom is 0.322 e. The van der Waals surface area contributed by atoms with Crippen LogP contribution in [0, 0.1) is 0 Å². The molecule has 5 rings (SSSR count). The van der Waals surface area contributed by atoms with Gasteiger partial charge in [0.05, 0.1) is 19.9 Å². The molecule has 3 aromatic rings. The summed E-state index contributed by atoms with van der Waals surface area (Å²) in [5.41, 5.74) is 0.0283. The monoisotopic (exact) mass is 485 g/mol. The number of urea groups is 1. The molecular weight excluding hydrogens is 466 g/mol. The first kappa shape index (κ1) is 21.7. The highest BCUT2D eigenvalue weighted by atomic mass is 32.2. The summed E-state index contributed by atoms with van der Waals surface area (Å²) in [6, 6.07) is 8.73. The molecule has 4 amide bonds. The minimum atomic E-state index is -3.55. The van der Waals surface area contributed by atoms with Gasteiger partial charge in [0.25, 0.3) is 11.8 Å². The molecule has 1 fully saturated rings. The van der Waals surface area contributed by atoms with Gasteiger partial charge in [-0.05, 0) is 29.8 Å². The number of fused-ring (bicyclic) bond motifs is 2. The van der Waals surface area contributed by atoms with Crippen LogP contribution in [-0.2, 0) is 26.9 Å². The maximum absolute atomic E-state index is 13.1. The van der Waals surface area contributed by atoms with Crippen molar-refractivity contribution in [3.63, 3.8) is 0 Å². The number of carbonyl (C=O) groups is 3. The Morgan fingerprint density at radius 1 is 1.21 bits per heavy atom. The zero-order chi connectivity index (χ0) is 24.3. The second kappa shape index (κ2) is 7.45. The number of rotatable bonds is 6. The van der Waals surface area contributed by atoms with Crippen LogP contribution in [0.3, 0.4) is 0 Å². The van der Waals surface area contributed by atoms with E-state index in [0.717, 1.165) is 11.8 Å². The Hall–Kier alpha value is -4.13. The average molecular weight is 485 g/mol. The van der Waals surface area contributed by atoms with Gasteiger partial charge in [-0.15, -0.1) is 0 Å². The molecule has 0 spiro atoms. The summed E-state index contributed by atoms with van der Waals surface area (Å²) in [7, 11) is -2.05. The first-order valence-corrected chi connectivity index (χ1v) is 12.0. The van der Waals surface area contributed by atoms with Crippen LogP contribution >= 0.6 is 0 Å². The van der Waals surface area contributed by atoms with E-state index in [4.69, 9.17) is 9.15 Å². The molecule has 1 saturated heterocycles. The summed E-state index contributed by atoms with van der Waals surface area (Å²) in [5.74, 6) is -0.368. The lowest BCUT2D eigenvalue weighted by atomic mass is 9.95. The van der Waals surface area contributed by atoms with Crippen LogP contribution in [0.5, 0.6) is 5.75 Å². The molecule has 2 aromatic heterocycles. The molecular formula is C21H19N5O7S. The fourth-order valence-electron chi connectivity index (χ4n) is 4.12. The molecule has 2 aliphatic rings. The third kappa shape index (κ3) is 3.59. The number of benzene rings is 1. The normalized spacial score (nSPS) is 19.8. The van der Waals surface area contributed by atoms with Crippen LogP contribution in [0.4, 0.5) is 10.6 Å². The predicted molar refractivity (Wildman–Crippen MR) is 119 cm³/mol. The van der Waals surface area contributed by atoms with Gasteiger partial charge in [-0.2, -0.15) is 0 Å².